The molecule has 2 aromatic carbocycles. The molecule has 154 valence electrons. The summed E-state index contributed by atoms with van der Waals surface area (Å²) in [6.45, 7) is 6.49. The third-order valence-corrected chi connectivity index (χ3v) is 6.09. The van der Waals surface area contributed by atoms with Crippen molar-refractivity contribution in [3.8, 4) is 17.6 Å². The summed E-state index contributed by atoms with van der Waals surface area (Å²) in [5.74, 6) is 1.71. The minimum atomic E-state index is 0.622. The number of benzene rings is 2. The Labute approximate surface area is 176 Å². The van der Waals surface area contributed by atoms with Crippen molar-refractivity contribution in [2.75, 3.05) is 50.8 Å². The lowest BCUT2D eigenvalue weighted by molar-refractivity contribution is 0.171. The fourth-order valence-corrected chi connectivity index (χ4v) is 4.50. The van der Waals surface area contributed by atoms with Gasteiger partial charge in [0.1, 0.15) is 13.2 Å². The van der Waals surface area contributed by atoms with Gasteiger partial charge in [0.15, 0.2) is 11.5 Å². The molecule has 1 N–H and O–H groups in total. The van der Waals surface area contributed by atoms with Crippen LogP contribution in [0.15, 0.2) is 42.6 Å². The standard InChI is InChI=1S/C24H26N4O2/c25-16-18-3-1-5-21-24(18)19(17-26-21)4-2-8-27-9-11-28(12-10-27)20-6-7-22-23(15-20)30-14-13-29-22/h1,3,5-7,15,17,26H,2,4,8-14H2. The molecule has 0 bridgehead atoms. The number of nitriles is 1. The summed E-state index contributed by atoms with van der Waals surface area (Å²) in [7, 11) is 0. The number of nitrogens with one attached hydrogen (secondary N) is 1. The zero-order valence-electron chi connectivity index (χ0n) is 17.1. The highest BCUT2D eigenvalue weighted by atomic mass is 16.6. The molecule has 2 aliphatic rings. The summed E-state index contributed by atoms with van der Waals surface area (Å²) in [6.07, 6.45) is 4.14. The third-order valence-electron chi connectivity index (χ3n) is 6.09. The summed E-state index contributed by atoms with van der Waals surface area (Å²) in [4.78, 5) is 8.27. The topological polar surface area (TPSA) is 64.5 Å². The molecule has 3 heterocycles. The van der Waals surface area contributed by atoms with Gasteiger partial charge in [-0.1, -0.05) is 6.07 Å². The molecule has 0 atom stereocenters. The number of fused-ring (bicyclic) bond motifs is 2. The molecule has 0 unspecified atom stereocenters. The molecule has 0 spiro atoms. The van der Waals surface area contributed by atoms with Gasteiger partial charge in [0.2, 0.25) is 0 Å². The Morgan fingerprint density at radius 3 is 2.67 bits per heavy atom. The Morgan fingerprint density at radius 2 is 1.83 bits per heavy atom. The fraction of sp³-hybridized carbons (Fsp3) is 0.375. The zero-order chi connectivity index (χ0) is 20.3. The van der Waals surface area contributed by atoms with E-state index in [-0.39, 0.29) is 0 Å². The lowest BCUT2D eigenvalue weighted by Crippen LogP contribution is -2.46. The van der Waals surface area contributed by atoms with Crippen LogP contribution in [0, 0.1) is 11.3 Å². The van der Waals surface area contributed by atoms with E-state index >= 15 is 0 Å². The van der Waals surface area contributed by atoms with Crippen molar-refractivity contribution in [3.05, 3.63) is 53.7 Å². The van der Waals surface area contributed by atoms with E-state index in [1.54, 1.807) is 0 Å². The zero-order valence-corrected chi connectivity index (χ0v) is 17.1. The van der Waals surface area contributed by atoms with E-state index in [0.29, 0.717) is 13.2 Å². The van der Waals surface area contributed by atoms with Gasteiger partial charge in [-0.3, -0.25) is 4.90 Å². The lowest BCUT2D eigenvalue weighted by atomic mass is 10.0. The third kappa shape index (κ3) is 3.69. The van der Waals surface area contributed by atoms with E-state index in [2.05, 4.69) is 39.2 Å². The number of nitrogens with zero attached hydrogens (tertiary/aromatic N) is 3. The maximum Gasteiger partial charge on any atom is 0.163 e. The molecular weight excluding hydrogens is 376 g/mol. The van der Waals surface area contributed by atoms with Crippen LogP contribution in [0.2, 0.25) is 0 Å². The predicted molar refractivity (Wildman–Crippen MR) is 117 cm³/mol. The van der Waals surface area contributed by atoms with Gasteiger partial charge in [-0.25, -0.2) is 0 Å². The smallest absolute Gasteiger partial charge is 0.163 e. The van der Waals surface area contributed by atoms with Gasteiger partial charge in [0.05, 0.1) is 11.6 Å². The Kier molecular flexibility index (Phi) is 5.20. The average molecular weight is 402 g/mol. The molecule has 1 aromatic heterocycles. The fourth-order valence-electron chi connectivity index (χ4n) is 4.50. The lowest BCUT2D eigenvalue weighted by Gasteiger charge is -2.36. The van der Waals surface area contributed by atoms with E-state index in [0.717, 1.165) is 73.5 Å². The number of anilines is 1. The first-order valence-corrected chi connectivity index (χ1v) is 10.7. The van der Waals surface area contributed by atoms with Gasteiger partial charge in [0.25, 0.3) is 0 Å². The highest BCUT2D eigenvalue weighted by molar-refractivity contribution is 5.88. The van der Waals surface area contributed by atoms with Gasteiger partial charge in [-0.2, -0.15) is 5.26 Å². The van der Waals surface area contributed by atoms with Crippen LogP contribution < -0.4 is 14.4 Å². The number of hydrogen-bond donors (Lipinski definition) is 1. The van der Waals surface area contributed by atoms with Crippen LogP contribution in [0.5, 0.6) is 11.5 Å². The SMILES string of the molecule is N#Cc1cccc2[nH]cc(CCCN3CCN(c4ccc5c(c4)OCCO5)CC3)c12. The Morgan fingerprint density at radius 1 is 1.00 bits per heavy atom. The summed E-state index contributed by atoms with van der Waals surface area (Å²) in [6, 6.07) is 14.5. The minimum absolute atomic E-state index is 0.622. The normalized spacial score (nSPS) is 16.6. The maximum absolute atomic E-state index is 9.40. The van der Waals surface area contributed by atoms with Gasteiger partial charge < -0.3 is 19.4 Å². The molecule has 30 heavy (non-hydrogen) atoms. The molecule has 0 saturated carbocycles. The van der Waals surface area contributed by atoms with Crippen LogP contribution in [-0.2, 0) is 6.42 Å². The first kappa shape index (κ1) is 18.8. The number of hydrogen-bond acceptors (Lipinski definition) is 5. The number of aromatic nitrogens is 1. The summed E-state index contributed by atoms with van der Waals surface area (Å²) in [5.41, 5.74) is 4.27. The molecular formula is C24H26N4O2. The average Bonchev–Trinajstić information content (AvgIpc) is 3.22. The second kappa shape index (κ2) is 8.29. The first-order valence-electron chi connectivity index (χ1n) is 10.7. The van der Waals surface area contributed by atoms with Crippen LogP contribution in [-0.4, -0.2) is 55.8 Å². The van der Waals surface area contributed by atoms with Crippen molar-refractivity contribution in [1.29, 1.82) is 5.26 Å². The minimum Gasteiger partial charge on any atom is -0.486 e. The molecule has 6 heteroatoms. The van der Waals surface area contributed by atoms with Crippen molar-refractivity contribution < 1.29 is 9.47 Å². The van der Waals surface area contributed by atoms with Crippen molar-refractivity contribution in [2.24, 2.45) is 0 Å². The highest BCUT2D eigenvalue weighted by Gasteiger charge is 2.19. The molecule has 0 amide bonds. The van der Waals surface area contributed by atoms with Gasteiger partial charge in [0, 0.05) is 55.0 Å². The van der Waals surface area contributed by atoms with E-state index < -0.39 is 0 Å². The first-order chi connectivity index (χ1) is 14.8. The quantitative estimate of drug-likeness (QED) is 0.707. The number of aromatic amines is 1. The molecule has 6 nitrogen and oxygen atoms in total. The van der Waals surface area contributed by atoms with Crippen LogP contribution in [0.25, 0.3) is 10.9 Å². The van der Waals surface area contributed by atoms with Crippen molar-refractivity contribution >= 4 is 16.6 Å². The van der Waals surface area contributed by atoms with Crippen molar-refractivity contribution in [1.82, 2.24) is 9.88 Å². The molecule has 1 saturated heterocycles. The Hall–Kier alpha value is -3.17. The largest absolute Gasteiger partial charge is 0.486 e. The maximum atomic E-state index is 9.40. The van der Waals surface area contributed by atoms with Crippen LogP contribution in [0.4, 0.5) is 5.69 Å². The Bertz CT molecular complexity index is 1080. The van der Waals surface area contributed by atoms with E-state index in [1.165, 1.54) is 11.3 Å². The summed E-state index contributed by atoms with van der Waals surface area (Å²) in [5, 5.41) is 10.5. The van der Waals surface area contributed by atoms with E-state index in [4.69, 9.17) is 9.47 Å². The number of rotatable bonds is 5. The van der Waals surface area contributed by atoms with Crippen LogP contribution in [0.1, 0.15) is 17.5 Å². The van der Waals surface area contributed by atoms with Crippen molar-refractivity contribution in [2.45, 2.75) is 12.8 Å². The molecule has 2 aliphatic heterocycles. The number of piperazine rings is 1. The number of H-pyrrole nitrogens is 1. The van der Waals surface area contributed by atoms with Gasteiger partial charge in [-0.15, -0.1) is 0 Å². The number of aryl methyl sites for hydroxylation is 1. The van der Waals surface area contributed by atoms with Crippen molar-refractivity contribution in [3.63, 3.8) is 0 Å². The monoisotopic (exact) mass is 402 g/mol. The van der Waals surface area contributed by atoms with Crippen LogP contribution >= 0.6 is 0 Å². The second-order valence-electron chi connectivity index (χ2n) is 7.91. The molecule has 0 radical (unpaired) electrons. The summed E-state index contributed by atoms with van der Waals surface area (Å²) < 4.78 is 11.4. The highest BCUT2D eigenvalue weighted by Crippen LogP contribution is 2.34. The van der Waals surface area contributed by atoms with Gasteiger partial charge in [-0.05, 0) is 49.2 Å². The predicted octanol–water partition coefficient (Wildman–Crippen LogP) is 3.57. The Balaban J connectivity index is 1.14. The molecule has 0 aliphatic carbocycles. The van der Waals surface area contributed by atoms with E-state index in [9.17, 15) is 5.26 Å². The summed E-state index contributed by atoms with van der Waals surface area (Å²) >= 11 is 0. The van der Waals surface area contributed by atoms with Gasteiger partial charge >= 0.3 is 0 Å². The van der Waals surface area contributed by atoms with Crippen LogP contribution in [0.3, 0.4) is 0 Å². The molecule has 5 rings (SSSR count). The second-order valence-corrected chi connectivity index (χ2v) is 7.91. The van der Waals surface area contributed by atoms with E-state index in [1.807, 2.05) is 24.3 Å². The molecule has 1 fully saturated rings. The number of ether oxygens (including phenoxy) is 2. The molecule has 3 aromatic rings.